The summed E-state index contributed by atoms with van der Waals surface area (Å²) in [6, 6.07) is -0.500. The van der Waals surface area contributed by atoms with Crippen molar-refractivity contribution < 1.29 is 14.3 Å². The first kappa shape index (κ1) is 13.4. The molecular formula is C12H18N2O3S. The van der Waals surface area contributed by atoms with E-state index in [1.807, 2.05) is 6.92 Å². The van der Waals surface area contributed by atoms with Crippen LogP contribution in [0.1, 0.15) is 27.7 Å². The molecule has 5 nitrogen and oxygen atoms in total. The van der Waals surface area contributed by atoms with Crippen LogP contribution in [-0.4, -0.2) is 39.5 Å². The van der Waals surface area contributed by atoms with E-state index in [2.05, 4.69) is 0 Å². The summed E-state index contributed by atoms with van der Waals surface area (Å²) in [5, 5.41) is -0.122. The number of carbonyl (C=O) groups is 2. The van der Waals surface area contributed by atoms with E-state index in [-0.39, 0.29) is 11.3 Å². The molecule has 1 saturated heterocycles. The molecular weight excluding hydrogens is 252 g/mol. The molecule has 0 aromatic carbocycles. The van der Waals surface area contributed by atoms with Gasteiger partial charge in [0.05, 0.1) is 0 Å². The van der Waals surface area contributed by atoms with Gasteiger partial charge < -0.3 is 10.5 Å². The summed E-state index contributed by atoms with van der Waals surface area (Å²) in [6.07, 6.45) is 0. The van der Waals surface area contributed by atoms with Gasteiger partial charge >= 0.3 is 5.97 Å². The Balaban J connectivity index is 2.25. The molecule has 0 saturated carbocycles. The topological polar surface area (TPSA) is 72.6 Å². The molecule has 2 atom stereocenters. The van der Waals surface area contributed by atoms with E-state index in [0.717, 1.165) is 5.57 Å². The molecule has 1 unspecified atom stereocenters. The Kier molecular flexibility index (Phi) is 3.19. The third-order valence-corrected chi connectivity index (χ3v) is 4.24. The van der Waals surface area contributed by atoms with Crippen molar-refractivity contribution in [2.24, 2.45) is 5.73 Å². The van der Waals surface area contributed by atoms with Crippen LogP contribution in [0.3, 0.4) is 0 Å². The minimum Gasteiger partial charge on any atom is -0.455 e. The number of fused-ring (bicyclic) bond motifs is 1. The summed E-state index contributed by atoms with van der Waals surface area (Å²) >= 11 is 1.59. The zero-order valence-electron chi connectivity index (χ0n) is 11.0. The maximum atomic E-state index is 12.1. The third kappa shape index (κ3) is 2.14. The number of nitrogens with two attached hydrogens (primary N) is 1. The summed E-state index contributed by atoms with van der Waals surface area (Å²) in [5.41, 5.74) is 6.40. The minimum absolute atomic E-state index is 0.122. The molecule has 6 heteroatoms. The fourth-order valence-corrected chi connectivity index (χ4v) is 3.23. The molecule has 2 N–H and O–H groups in total. The standard InChI is InChI=1S/C12H18N2O3S/c1-6-5-18-10-7(13)9(15)14(10)8(6)11(16)17-12(2,3)4/h7,10H,5,13H2,1-4H3/t7?,10-/m1/s1. The molecule has 0 aromatic heterocycles. The molecule has 18 heavy (non-hydrogen) atoms. The first-order chi connectivity index (χ1) is 8.22. The van der Waals surface area contributed by atoms with Gasteiger partial charge in [-0.25, -0.2) is 4.79 Å². The molecule has 2 rings (SSSR count). The highest BCUT2D eigenvalue weighted by atomic mass is 32.2. The molecule has 0 aromatic rings. The van der Waals surface area contributed by atoms with Crippen molar-refractivity contribution in [2.75, 3.05) is 5.75 Å². The van der Waals surface area contributed by atoms with E-state index < -0.39 is 17.6 Å². The van der Waals surface area contributed by atoms with Crippen molar-refractivity contribution in [3.05, 3.63) is 11.3 Å². The Morgan fingerprint density at radius 2 is 2.11 bits per heavy atom. The van der Waals surface area contributed by atoms with Gasteiger partial charge in [-0.2, -0.15) is 0 Å². The summed E-state index contributed by atoms with van der Waals surface area (Å²) < 4.78 is 5.34. The van der Waals surface area contributed by atoms with Gasteiger partial charge in [0.1, 0.15) is 22.7 Å². The number of nitrogens with zero attached hydrogens (tertiary/aromatic N) is 1. The van der Waals surface area contributed by atoms with Crippen LogP contribution in [-0.2, 0) is 14.3 Å². The Morgan fingerprint density at radius 1 is 1.50 bits per heavy atom. The first-order valence-corrected chi connectivity index (χ1v) is 6.90. The van der Waals surface area contributed by atoms with Crippen LogP contribution >= 0.6 is 11.8 Å². The molecule has 0 radical (unpaired) electrons. The summed E-state index contributed by atoms with van der Waals surface area (Å²) in [7, 11) is 0. The quantitative estimate of drug-likeness (QED) is 0.565. The lowest BCUT2D eigenvalue weighted by Gasteiger charge is -2.48. The highest BCUT2D eigenvalue weighted by Crippen LogP contribution is 2.39. The second-order valence-corrected chi connectivity index (χ2v) is 6.67. The fraction of sp³-hybridized carbons (Fsp3) is 0.667. The second-order valence-electron chi connectivity index (χ2n) is 5.57. The van der Waals surface area contributed by atoms with Gasteiger partial charge in [0, 0.05) is 5.75 Å². The van der Waals surface area contributed by atoms with Crippen LogP contribution in [0.2, 0.25) is 0 Å². The van der Waals surface area contributed by atoms with Gasteiger partial charge in [-0.3, -0.25) is 9.69 Å². The molecule has 0 aliphatic carbocycles. The molecule has 2 aliphatic heterocycles. The van der Waals surface area contributed by atoms with Gasteiger partial charge in [-0.1, -0.05) is 0 Å². The summed E-state index contributed by atoms with van der Waals surface area (Å²) in [6.45, 7) is 7.26. The predicted octanol–water partition coefficient (Wildman–Crippen LogP) is 0.845. The number of hydrogen-bond acceptors (Lipinski definition) is 5. The SMILES string of the molecule is CC1=C(C(=O)OC(C)(C)C)N2C(=O)C(N)[C@H]2SC1. The number of rotatable bonds is 1. The second kappa shape index (κ2) is 4.28. The van der Waals surface area contributed by atoms with E-state index >= 15 is 0 Å². The van der Waals surface area contributed by atoms with Gasteiger partial charge in [0.2, 0.25) is 5.91 Å². The third-order valence-electron chi connectivity index (χ3n) is 2.79. The maximum Gasteiger partial charge on any atom is 0.355 e. The Hall–Kier alpha value is -1.01. The Bertz CT molecular complexity index is 439. The van der Waals surface area contributed by atoms with Crippen LogP contribution < -0.4 is 5.73 Å². The van der Waals surface area contributed by atoms with E-state index in [9.17, 15) is 9.59 Å². The number of thioether (sulfide) groups is 1. The van der Waals surface area contributed by atoms with Crippen molar-refractivity contribution in [2.45, 2.75) is 44.7 Å². The lowest BCUT2D eigenvalue weighted by molar-refractivity contribution is -0.158. The first-order valence-electron chi connectivity index (χ1n) is 5.86. The van der Waals surface area contributed by atoms with Crippen LogP contribution in [0.15, 0.2) is 11.3 Å². The Labute approximate surface area is 111 Å². The lowest BCUT2D eigenvalue weighted by Crippen LogP contribution is -2.68. The van der Waals surface area contributed by atoms with Gasteiger partial charge in [0.15, 0.2) is 0 Å². The molecule has 0 spiro atoms. The van der Waals surface area contributed by atoms with Crippen molar-refractivity contribution in [3.8, 4) is 0 Å². The summed E-state index contributed by atoms with van der Waals surface area (Å²) in [4.78, 5) is 25.4. The van der Waals surface area contributed by atoms with E-state index in [1.54, 1.807) is 32.5 Å². The van der Waals surface area contributed by atoms with Crippen LogP contribution in [0.25, 0.3) is 0 Å². The van der Waals surface area contributed by atoms with Gasteiger partial charge in [-0.15, -0.1) is 11.8 Å². The molecule has 1 fully saturated rings. The molecule has 2 aliphatic rings. The number of esters is 1. The highest BCUT2D eigenvalue weighted by Gasteiger charge is 2.51. The fourth-order valence-electron chi connectivity index (χ4n) is 1.99. The molecule has 0 bridgehead atoms. The number of ether oxygens (including phenoxy) is 1. The van der Waals surface area contributed by atoms with Gasteiger partial charge in [0.25, 0.3) is 0 Å². The number of β-lactam (4-membered cyclic amide) rings is 1. The average molecular weight is 270 g/mol. The largest absolute Gasteiger partial charge is 0.455 e. The normalized spacial score (nSPS) is 27.8. The Morgan fingerprint density at radius 3 is 2.67 bits per heavy atom. The van der Waals surface area contributed by atoms with Gasteiger partial charge in [-0.05, 0) is 33.3 Å². The summed E-state index contributed by atoms with van der Waals surface area (Å²) in [5.74, 6) is 0.0643. The van der Waals surface area contributed by atoms with Crippen LogP contribution in [0.5, 0.6) is 0 Å². The van der Waals surface area contributed by atoms with Crippen molar-refractivity contribution in [1.82, 2.24) is 4.90 Å². The zero-order valence-corrected chi connectivity index (χ0v) is 11.8. The van der Waals surface area contributed by atoms with E-state index in [0.29, 0.717) is 11.4 Å². The molecule has 2 heterocycles. The highest BCUT2D eigenvalue weighted by molar-refractivity contribution is 8.00. The predicted molar refractivity (Wildman–Crippen MR) is 69.6 cm³/mol. The van der Waals surface area contributed by atoms with Crippen molar-refractivity contribution in [3.63, 3.8) is 0 Å². The molecule has 1 amide bonds. The number of amides is 1. The average Bonchev–Trinajstić information content (AvgIpc) is 2.25. The van der Waals surface area contributed by atoms with Crippen LogP contribution in [0.4, 0.5) is 0 Å². The minimum atomic E-state index is -0.569. The van der Waals surface area contributed by atoms with Crippen molar-refractivity contribution in [1.29, 1.82) is 0 Å². The number of carbonyl (C=O) groups excluding carboxylic acids is 2. The van der Waals surface area contributed by atoms with E-state index in [4.69, 9.17) is 10.5 Å². The molecule has 100 valence electrons. The maximum absolute atomic E-state index is 12.1. The smallest absolute Gasteiger partial charge is 0.355 e. The van der Waals surface area contributed by atoms with Crippen LogP contribution in [0, 0.1) is 0 Å². The van der Waals surface area contributed by atoms with E-state index in [1.165, 1.54) is 4.90 Å². The monoisotopic (exact) mass is 270 g/mol. The lowest BCUT2D eigenvalue weighted by atomic mass is 10.0. The zero-order chi connectivity index (χ0) is 13.7. The van der Waals surface area contributed by atoms with Crippen molar-refractivity contribution >= 4 is 23.6 Å². The number of hydrogen-bond donors (Lipinski definition) is 1.